The van der Waals surface area contributed by atoms with Gasteiger partial charge in [0.05, 0.1) is 12.5 Å². The number of carboxylic acid groups (broad SMARTS) is 1. The molecule has 0 saturated carbocycles. The molecule has 2 atom stereocenters. The van der Waals surface area contributed by atoms with Crippen LogP contribution in [0, 0.1) is 5.92 Å². The number of rotatable bonds is 8. The second kappa shape index (κ2) is 9.41. The largest absolute Gasteiger partial charge is 0.480 e. The summed E-state index contributed by atoms with van der Waals surface area (Å²) in [6.07, 6.45) is -0.0918. The lowest BCUT2D eigenvalue weighted by molar-refractivity contribution is -0.148. The summed E-state index contributed by atoms with van der Waals surface area (Å²) in [6, 6.07) is 4.42. The van der Waals surface area contributed by atoms with Crippen molar-refractivity contribution in [1.82, 2.24) is 5.32 Å². The molecule has 8 nitrogen and oxygen atoms in total. The number of hydrogen-bond acceptors (Lipinski definition) is 6. The number of aliphatic carboxylic acids is 1. The van der Waals surface area contributed by atoms with E-state index in [1.807, 2.05) is 0 Å². The number of nitrogens with one attached hydrogen (secondary N) is 1. The van der Waals surface area contributed by atoms with Crippen molar-refractivity contribution in [2.45, 2.75) is 33.2 Å². The molecule has 0 aliphatic rings. The molecular formula is C17H21NO7. The van der Waals surface area contributed by atoms with Crippen LogP contribution in [0.4, 0.5) is 0 Å². The smallest absolute Gasteiger partial charge is 0.326 e. The Morgan fingerprint density at radius 3 is 2.24 bits per heavy atom. The van der Waals surface area contributed by atoms with Crippen LogP contribution in [0.15, 0.2) is 24.3 Å². The van der Waals surface area contributed by atoms with Crippen molar-refractivity contribution < 1.29 is 33.8 Å². The second-order valence-corrected chi connectivity index (χ2v) is 5.37. The zero-order valence-electron chi connectivity index (χ0n) is 14.3. The maximum atomic E-state index is 12.2. The quantitative estimate of drug-likeness (QED) is 0.536. The first-order valence-electron chi connectivity index (χ1n) is 7.73. The Morgan fingerprint density at radius 2 is 1.76 bits per heavy atom. The average molecular weight is 351 g/mol. The van der Waals surface area contributed by atoms with Gasteiger partial charge >= 0.3 is 17.9 Å². The van der Waals surface area contributed by atoms with Crippen LogP contribution < -0.4 is 10.1 Å². The number of amides is 1. The molecule has 2 N–H and O–H groups in total. The van der Waals surface area contributed by atoms with Gasteiger partial charge in [-0.25, -0.2) is 4.79 Å². The standard InChI is InChI=1S/C17H21NO7/c1-4-24-17(23)10(2)9-14(16(21)22)18-15(20)12-5-7-13(8-6-12)25-11(3)19/h5-8,10,14H,4,9H2,1-3H3,(H,18,20)(H,21,22)/t10-,14+/m1/s1. The number of carboxylic acids is 1. The maximum absolute atomic E-state index is 12.2. The summed E-state index contributed by atoms with van der Waals surface area (Å²) in [7, 11) is 0. The van der Waals surface area contributed by atoms with Crippen LogP contribution in [0.25, 0.3) is 0 Å². The third kappa shape index (κ3) is 6.62. The van der Waals surface area contributed by atoms with Gasteiger partial charge in [0, 0.05) is 12.5 Å². The molecular weight excluding hydrogens is 330 g/mol. The Balaban J connectivity index is 2.74. The molecule has 0 aliphatic heterocycles. The van der Waals surface area contributed by atoms with Crippen LogP contribution >= 0.6 is 0 Å². The molecule has 8 heteroatoms. The monoisotopic (exact) mass is 351 g/mol. The van der Waals surface area contributed by atoms with Crippen LogP contribution in [-0.2, 0) is 19.1 Å². The Labute approximate surface area is 145 Å². The van der Waals surface area contributed by atoms with E-state index >= 15 is 0 Å². The molecule has 0 fully saturated rings. The maximum Gasteiger partial charge on any atom is 0.326 e. The van der Waals surface area contributed by atoms with Crippen molar-refractivity contribution in [2.24, 2.45) is 5.92 Å². The predicted molar refractivity (Wildman–Crippen MR) is 87.1 cm³/mol. The van der Waals surface area contributed by atoms with Gasteiger partial charge in [-0.05, 0) is 37.6 Å². The lowest BCUT2D eigenvalue weighted by Crippen LogP contribution is -2.42. The van der Waals surface area contributed by atoms with Gasteiger partial charge in [-0.15, -0.1) is 0 Å². The highest BCUT2D eigenvalue weighted by Crippen LogP contribution is 2.14. The zero-order valence-corrected chi connectivity index (χ0v) is 14.3. The van der Waals surface area contributed by atoms with Crippen molar-refractivity contribution in [3.05, 3.63) is 29.8 Å². The van der Waals surface area contributed by atoms with E-state index in [-0.39, 0.29) is 24.3 Å². The number of carbonyl (C=O) groups is 4. The van der Waals surface area contributed by atoms with Crippen molar-refractivity contribution in [1.29, 1.82) is 0 Å². The molecule has 0 aromatic heterocycles. The van der Waals surface area contributed by atoms with Crippen molar-refractivity contribution >= 4 is 23.8 Å². The molecule has 0 aliphatic carbocycles. The Hall–Kier alpha value is -2.90. The summed E-state index contributed by atoms with van der Waals surface area (Å²) in [5, 5.41) is 11.6. The van der Waals surface area contributed by atoms with Gasteiger partial charge in [0.25, 0.3) is 5.91 Å². The van der Waals surface area contributed by atoms with Crippen molar-refractivity contribution in [2.75, 3.05) is 6.61 Å². The highest BCUT2D eigenvalue weighted by molar-refractivity contribution is 5.96. The summed E-state index contributed by atoms with van der Waals surface area (Å²) < 4.78 is 9.69. The first kappa shape index (κ1) is 20.1. The van der Waals surface area contributed by atoms with Crippen LogP contribution in [0.2, 0.25) is 0 Å². The van der Waals surface area contributed by atoms with E-state index in [2.05, 4.69) is 5.32 Å². The molecule has 1 aromatic rings. The van der Waals surface area contributed by atoms with E-state index < -0.39 is 35.8 Å². The minimum Gasteiger partial charge on any atom is -0.480 e. The minimum absolute atomic E-state index is 0.0918. The molecule has 136 valence electrons. The van der Waals surface area contributed by atoms with Gasteiger partial charge in [0.2, 0.25) is 0 Å². The van der Waals surface area contributed by atoms with E-state index in [1.54, 1.807) is 6.92 Å². The van der Waals surface area contributed by atoms with Crippen LogP contribution in [0.3, 0.4) is 0 Å². The molecule has 0 heterocycles. The van der Waals surface area contributed by atoms with Gasteiger partial charge in [-0.2, -0.15) is 0 Å². The molecule has 25 heavy (non-hydrogen) atoms. The predicted octanol–water partition coefficient (Wildman–Crippen LogP) is 1.38. The summed E-state index contributed by atoms with van der Waals surface area (Å²) in [6.45, 7) is 4.64. The third-order valence-corrected chi connectivity index (χ3v) is 3.26. The van der Waals surface area contributed by atoms with E-state index in [0.717, 1.165) is 0 Å². The number of ether oxygens (including phenoxy) is 2. The lowest BCUT2D eigenvalue weighted by atomic mass is 10.0. The topological polar surface area (TPSA) is 119 Å². The molecule has 1 amide bonds. The normalized spacial score (nSPS) is 12.6. The lowest BCUT2D eigenvalue weighted by Gasteiger charge is -2.18. The average Bonchev–Trinajstić information content (AvgIpc) is 2.54. The van der Waals surface area contributed by atoms with E-state index in [1.165, 1.54) is 38.1 Å². The highest BCUT2D eigenvalue weighted by atomic mass is 16.5. The van der Waals surface area contributed by atoms with E-state index in [9.17, 15) is 24.3 Å². The molecule has 0 radical (unpaired) electrons. The van der Waals surface area contributed by atoms with Crippen molar-refractivity contribution in [3.63, 3.8) is 0 Å². The zero-order chi connectivity index (χ0) is 19.0. The first-order chi connectivity index (χ1) is 11.7. The molecule has 0 saturated heterocycles. The number of carbonyl (C=O) groups excluding carboxylic acids is 3. The summed E-state index contributed by atoms with van der Waals surface area (Å²) in [5.41, 5.74) is 0.200. The molecule has 0 unspecified atom stereocenters. The number of benzene rings is 1. The van der Waals surface area contributed by atoms with Crippen LogP contribution in [0.5, 0.6) is 5.75 Å². The Morgan fingerprint density at radius 1 is 1.16 bits per heavy atom. The third-order valence-electron chi connectivity index (χ3n) is 3.26. The van der Waals surface area contributed by atoms with E-state index in [4.69, 9.17) is 9.47 Å². The highest BCUT2D eigenvalue weighted by Gasteiger charge is 2.26. The van der Waals surface area contributed by atoms with Crippen molar-refractivity contribution in [3.8, 4) is 5.75 Å². The first-order valence-corrected chi connectivity index (χ1v) is 7.73. The number of hydrogen-bond donors (Lipinski definition) is 2. The van der Waals surface area contributed by atoms with Gasteiger partial charge in [0.1, 0.15) is 11.8 Å². The fourth-order valence-corrected chi connectivity index (χ4v) is 2.04. The van der Waals surface area contributed by atoms with E-state index in [0.29, 0.717) is 0 Å². The van der Waals surface area contributed by atoms with Gasteiger partial charge in [-0.1, -0.05) is 6.92 Å². The van der Waals surface area contributed by atoms with Crippen LogP contribution in [-0.4, -0.2) is 41.6 Å². The number of esters is 2. The molecule has 0 bridgehead atoms. The molecule has 0 spiro atoms. The fourth-order valence-electron chi connectivity index (χ4n) is 2.04. The summed E-state index contributed by atoms with van der Waals surface area (Å²) >= 11 is 0. The summed E-state index contributed by atoms with van der Waals surface area (Å²) in [5.74, 6) is -3.27. The van der Waals surface area contributed by atoms with Gasteiger partial charge in [0.15, 0.2) is 0 Å². The second-order valence-electron chi connectivity index (χ2n) is 5.37. The minimum atomic E-state index is -1.25. The Bertz CT molecular complexity index is 639. The molecule has 1 rings (SSSR count). The van der Waals surface area contributed by atoms with Gasteiger partial charge in [-0.3, -0.25) is 14.4 Å². The SMILES string of the molecule is CCOC(=O)[C@H](C)C[C@H](NC(=O)c1ccc(OC(C)=O)cc1)C(=O)O. The summed E-state index contributed by atoms with van der Waals surface area (Å²) in [4.78, 5) is 46.0. The molecule has 1 aromatic carbocycles. The van der Waals surface area contributed by atoms with Gasteiger partial charge < -0.3 is 19.9 Å². The van der Waals surface area contributed by atoms with Crippen LogP contribution in [0.1, 0.15) is 37.6 Å². The fraction of sp³-hybridized carbons (Fsp3) is 0.412. The Kier molecular flexibility index (Phi) is 7.58.